The Morgan fingerprint density at radius 3 is 2.33 bits per heavy atom. The van der Waals surface area contributed by atoms with Gasteiger partial charge in [-0.05, 0) is 0 Å². The van der Waals surface area contributed by atoms with Crippen molar-refractivity contribution in [3.05, 3.63) is 0 Å². The van der Waals surface area contributed by atoms with Crippen molar-refractivity contribution in [2.24, 2.45) is 0 Å². The van der Waals surface area contributed by atoms with Crippen LogP contribution in [0.3, 0.4) is 0 Å². The van der Waals surface area contributed by atoms with Gasteiger partial charge in [0, 0.05) is 5.08 Å². The van der Waals surface area contributed by atoms with E-state index in [0.717, 1.165) is 11.4 Å². The molecule has 6 heavy (non-hydrogen) atoms. The van der Waals surface area contributed by atoms with E-state index < -0.39 is 0 Å². The molecular formula is C3H4OS2. The number of carbonyl (C=O) groups excluding carboxylic acids is 1. The summed E-state index contributed by atoms with van der Waals surface area (Å²) in [7, 11) is 0. The van der Waals surface area contributed by atoms with Crippen LogP contribution in [0.2, 0.25) is 0 Å². The number of hydrogen-bond donors (Lipinski definition) is 0. The van der Waals surface area contributed by atoms with Crippen LogP contribution in [0, 0.1) is 0 Å². The van der Waals surface area contributed by atoms with Crippen LogP contribution in [0.4, 0.5) is 0 Å². The lowest BCUT2D eigenvalue weighted by atomic mass is 10.9. The lowest BCUT2D eigenvalue weighted by Gasteiger charge is -2.16. The molecule has 0 aromatic rings. The molecule has 0 N–H and O–H groups in total. The van der Waals surface area contributed by atoms with Crippen LogP contribution >= 0.6 is 23.5 Å². The molecule has 0 aliphatic carbocycles. The maximum atomic E-state index is 9.75. The molecular weight excluding hydrogens is 116 g/mol. The van der Waals surface area contributed by atoms with E-state index in [1.54, 1.807) is 23.5 Å². The van der Waals surface area contributed by atoms with Gasteiger partial charge in [0.25, 0.3) is 0 Å². The normalized spacial score (nSPS) is 22.7. The van der Waals surface area contributed by atoms with E-state index in [2.05, 4.69) is 0 Å². The number of aldehydes is 1. The topological polar surface area (TPSA) is 17.1 Å². The first-order valence-corrected chi connectivity index (χ1v) is 3.72. The third kappa shape index (κ3) is 0.708. The smallest absolute Gasteiger partial charge is 0.143 e. The van der Waals surface area contributed by atoms with Gasteiger partial charge in [-0.3, -0.25) is 0 Å². The zero-order chi connectivity index (χ0) is 4.41. The molecule has 0 aromatic heterocycles. The maximum Gasteiger partial charge on any atom is 0.143 e. The van der Waals surface area contributed by atoms with Gasteiger partial charge in [0.05, 0.1) is 0 Å². The predicted octanol–water partition coefficient (Wildman–Crippen LogP) is 0.949. The second-order valence-electron chi connectivity index (χ2n) is 0.956. The number of carbonyl (C=O) groups is 1. The average molecular weight is 120 g/mol. The van der Waals surface area contributed by atoms with Gasteiger partial charge in [0.1, 0.15) is 10.9 Å². The van der Waals surface area contributed by atoms with E-state index in [9.17, 15) is 4.79 Å². The Labute approximate surface area is 44.9 Å². The van der Waals surface area contributed by atoms with E-state index in [-0.39, 0.29) is 4.58 Å². The highest BCUT2D eigenvalue weighted by Crippen LogP contribution is 2.36. The summed E-state index contributed by atoms with van der Waals surface area (Å²) in [5.74, 6) is 0. The average Bonchev–Trinajstić information content (AvgIpc) is 1.31. The SMILES string of the molecule is O=CC1SCS1. The van der Waals surface area contributed by atoms with E-state index in [1.807, 2.05) is 0 Å². The molecule has 0 aromatic carbocycles. The Morgan fingerprint density at radius 2 is 2.33 bits per heavy atom. The molecule has 1 heterocycles. The molecule has 0 saturated carbocycles. The first-order chi connectivity index (χ1) is 2.93. The molecule has 34 valence electrons. The summed E-state index contributed by atoms with van der Waals surface area (Å²) in [6, 6.07) is 0. The van der Waals surface area contributed by atoms with Crippen molar-refractivity contribution in [1.29, 1.82) is 0 Å². The Balaban J connectivity index is 2.16. The minimum absolute atomic E-state index is 0.269. The lowest BCUT2D eigenvalue weighted by molar-refractivity contribution is -0.106. The zero-order valence-corrected chi connectivity index (χ0v) is 4.72. The zero-order valence-electron chi connectivity index (χ0n) is 3.09. The van der Waals surface area contributed by atoms with Crippen LogP contribution in [-0.4, -0.2) is 16.0 Å². The Bertz CT molecular complexity index is 59.8. The van der Waals surface area contributed by atoms with Crippen molar-refractivity contribution in [2.75, 3.05) is 5.08 Å². The summed E-state index contributed by atoms with van der Waals surface area (Å²) in [4.78, 5) is 9.75. The lowest BCUT2D eigenvalue weighted by Crippen LogP contribution is -2.07. The van der Waals surface area contributed by atoms with Gasteiger partial charge >= 0.3 is 0 Å². The van der Waals surface area contributed by atoms with Gasteiger partial charge in [-0.15, -0.1) is 23.5 Å². The molecule has 0 spiro atoms. The summed E-state index contributed by atoms with van der Waals surface area (Å²) >= 11 is 3.40. The number of rotatable bonds is 1. The fraction of sp³-hybridized carbons (Fsp3) is 0.667. The predicted molar refractivity (Wildman–Crippen MR) is 29.9 cm³/mol. The molecule has 0 atom stereocenters. The summed E-state index contributed by atoms with van der Waals surface area (Å²) in [5, 5.41) is 1.10. The summed E-state index contributed by atoms with van der Waals surface area (Å²) in [6.45, 7) is 0. The van der Waals surface area contributed by atoms with Crippen molar-refractivity contribution < 1.29 is 4.79 Å². The Hall–Kier alpha value is 0.370. The van der Waals surface area contributed by atoms with E-state index in [1.165, 1.54) is 0 Å². The molecule has 0 bridgehead atoms. The number of hydrogen-bond acceptors (Lipinski definition) is 3. The molecule has 1 nitrogen and oxygen atoms in total. The second-order valence-corrected chi connectivity index (χ2v) is 3.88. The minimum atomic E-state index is 0.269. The largest absolute Gasteiger partial charge is 0.301 e. The highest BCUT2D eigenvalue weighted by molar-refractivity contribution is 8.33. The van der Waals surface area contributed by atoms with Gasteiger partial charge in [0.15, 0.2) is 0 Å². The molecule has 1 aliphatic rings. The molecule has 0 unspecified atom stereocenters. The van der Waals surface area contributed by atoms with Crippen molar-refractivity contribution in [1.82, 2.24) is 0 Å². The molecule has 0 radical (unpaired) electrons. The first-order valence-electron chi connectivity index (χ1n) is 1.62. The third-order valence-corrected chi connectivity index (χ3v) is 3.36. The van der Waals surface area contributed by atoms with E-state index >= 15 is 0 Å². The second kappa shape index (κ2) is 1.89. The monoisotopic (exact) mass is 120 g/mol. The molecule has 1 saturated heterocycles. The highest BCUT2D eigenvalue weighted by atomic mass is 32.3. The van der Waals surface area contributed by atoms with Gasteiger partial charge < -0.3 is 4.79 Å². The van der Waals surface area contributed by atoms with Crippen LogP contribution < -0.4 is 0 Å². The van der Waals surface area contributed by atoms with Crippen LogP contribution in [0.15, 0.2) is 0 Å². The van der Waals surface area contributed by atoms with Crippen LogP contribution in [0.1, 0.15) is 0 Å². The standard InChI is InChI=1S/C3H4OS2/c4-1-3-5-2-6-3/h1,3H,2H2. The highest BCUT2D eigenvalue weighted by Gasteiger charge is 2.16. The molecule has 3 heteroatoms. The van der Waals surface area contributed by atoms with E-state index in [4.69, 9.17) is 0 Å². The van der Waals surface area contributed by atoms with Crippen molar-refractivity contribution >= 4 is 29.8 Å². The molecule has 0 amide bonds. The molecule has 1 aliphatic heterocycles. The van der Waals surface area contributed by atoms with Gasteiger partial charge in [-0.2, -0.15) is 0 Å². The molecule has 1 fully saturated rings. The maximum absolute atomic E-state index is 9.75. The Kier molecular flexibility index (Phi) is 1.42. The fourth-order valence-electron chi connectivity index (χ4n) is 0.225. The fourth-order valence-corrected chi connectivity index (χ4v) is 1.56. The third-order valence-electron chi connectivity index (χ3n) is 0.576. The molecule has 1 rings (SSSR count). The quantitative estimate of drug-likeness (QED) is 0.479. The first kappa shape index (κ1) is 4.53. The summed E-state index contributed by atoms with van der Waals surface area (Å²) in [5.41, 5.74) is 0. The van der Waals surface area contributed by atoms with Gasteiger partial charge in [-0.25, -0.2) is 0 Å². The van der Waals surface area contributed by atoms with Crippen molar-refractivity contribution in [3.63, 3.8) is 0 Å². The van der Waals surface area contributed by atoms with Crippen LogP contribution in [-0.2, 0) is 4.79 Å². The number of thioether (sulfide) groups is 2. The van der Waals surface area contributed by atoms with Gasteiger partial charge in [0.2, 0.25) is 0 Å². The Morgan fingerprint density at radius 1 is 1.67 bits per heavy atom. The van der Waals surface area contributed by atoms with Crippen molar-refractivity contribution in [3.8, 4) is 0 Å². The van der Waals surface area contributed by atoms with Crippen molar-refractivity contribution in [2.45, 2.75) is 4.58 Å². The summed E-state index contributed by atoms with van der Waals surface area (Å²) < 4.78 is 0.269. The van der Waals surface area contributed by atoms with Gasteiger partial charge in [-0.1, -0.05) is 0 Å². The van der Waals surface area contributed by atoms with Crippen LogP contribution in [0.25, 0.3) is 0 Å². The van der Waals surface area contributed by atoms with Crippen LogP contribution in [0.5, 0.6) is 0 Å². The minimum Gasteiger partial charge on any atom is -0.301 e. The van der Waals surface area contributed by atoms with E-state index in [0.29, 0.717) is 0 Å². The summed E-state index contributed by atoms with van der Waals surface area (Å²) in [6.07, 6.45) is 0.985.